The standard InChI is InChI=1S/C18H13F4N3O/c1-25-15(14(17(23)26)16(24-25)18(20,21)22)12-8-3-2-6-10(12)11-7-4-5-9-13(11)19/h2-9H,1H3,(H2,23,26). The fourth-order valence-electron chi connectivity index (χ4n) is 2.87. The van der Waals surface area contributed by atoms with Gasteiger partial charge in [0.2, 0.25) is 0 Å². The van der Waals surface area contributed by atoms with Crippen LogP contribution in [0.1, 0.15) is 16.1 Å². The number of rotatable bonds is 3. The molecule has 0 radical (unpaired) electrons. The van der Waals surface area contributed by atoms with Gasteiger partial charge in [0.25, 0.3) is 5.91 Å². The molecular formula is C18H13F4N3O. The zero-order chi connectivity index (χ0) is 19.1. The predicted octanol–water partition coefficient (Wildman–Crippen LogP) is 4.01. The molecule has 3 rings (SSSR count). The quantitative estimate of drug-likeness (QED) is 0.715. The van der Waals surface area contributed by atoms with Gasteiger partial charge in [0.1, 0.15) is 5.82 Å². The summed E-state index contributed by atoms with van der Waals surface area (Å²) in [6, 6.07) is 12.1. The van der Waals surface area contributed by atoms with Crippen molar-refractivity contribution < 1.29 is 22.4 Å². The SMILES string of the molecule is Cn1nc(C(F)(F)F)c(C(N)=O)c1-c1ccccc1-c1ccccc1F. The Labute approximate surface area is 145 Å². The zero-order valence-electron chi connectivity index (χ0n) is 13.5. The van der Waals surface area contributed by atoms with E-state index in [0.29, 0.717) is 5.56 Å². The molecule has 8 heteroatoms. The van der Waals surface area contributed by atoms with Gasteiger partial charge in [-0.05, 0) is 11.6 Å². The summed E-state index contributed by atoms with van der Waals surface area (Å²) in [6.07, 6.45) is -4.85. The molecule has 1 heterocycles. The lowest BCUT2D eigenvalue weighted by molar-refractivity contribution is -0.141. The van der Waals surface area contributed by atoms with Crippen molar-refractivity contribution >= 4 is 5.91 Å². The summed E-state index contributed by atoms with van der Waals surface area (Å²) in [5.41, 5.74) is 3.71. The number of hydrogen-bond acceptors (Lipinski definition) is 2. The maximum Gasteiger partial charge on any atom is 0.435 e. The van der Waals surface area contributed by atoms with E-state index in [4.69, 9.17) is 5.73 Å². The molecule has 0 unspecified atom stereocenters. The third-order valence-electron chi connectivity index (χ3n) is 3.91. The number of amides is 1. The lowest BCUT2D eigenvalue weighted by Crippen LogP contribution is -2.18. The first kappa shape index (κ1) is 17.7. The molecule has 26 heavy (non-hydrogen) atoms. The van der Waals surface area contributed by atoms with Crippen molar-refractivity contribution in [3.05, 3.63) is 65.6 Å². The Morgan fingerprint density at radius 2 is 1.54 bits per heavy atom. The van der Waals surface area contributed by atoms with Gasteiger partial charge in [0, 0.05) is 18.2 Å². The molecule has 0 aliphatic rings. The molecule has 1 amide bonds. The van der Waals surface area contributed by atoms with Crippen LogP contribution in [0.2, 0.25) is 0 Å². The summed E-state index contributed by atoms with van der Waals surface area (Å²) in [5, 5.41) is 3.43. The van der Waals surface area contributed by atoms with E-state index in [1.807, 2.05) is 0 Å². The van der Waals surface area contributed by atoms with Crippen LogP contribution in [0.5, 0.6) is 0 Å². The van der Waals surface area contributed by atoms with Gasteiger partial charge in [0.15, 0.2) is 5.69 Å². The summed E-state index contributed by atoms with van der Waals surface area (Å²) in [4.78, 5) is 11.8. The van der Waals surface area contributed by atoms with Crippen molar-refractivity contribution in [1.29, 1.82) is 0 Å². The zero-order valence-corrected chi connectivity index (χ0v) is 13.5. The van der Waals surface area contributed by atoms with Gasteiger partial charge in [-0.15, -0.1) is 0 Å². The van der Waals surface area contributed by atoms with Crippen molar-refractivity contribution in [1.82, 2.24) is 9.78 Å². The van der Waals surface area contributed by atoms with E-state index in [1.54, 1.807) is 24.3 Å². The van der Waals surface area contributed by atoms with Crippen LogP contribution in [-0.4, -0.2) is 15.7 Å². The van der Waals surface area contributed by atoms with Crippen LogP contribution in [0.4, 0.5) is 17.6 Å². The topological polar surface area (TPSA) is 60.9 Å². The molecule has 0 aliphatic heterocycles. The lowest BCUT2D eigenvalue weighted by atomic mass is 9.94. The number of carbonyl (C=O) groups excluding carboxylic acids is 1. The summed E-state index contributed by atoms with van der Waals surface area (Å²) in [5.74, 6) is -1.80. The maximum atomic E-state index is 14.2. The number of benzene rings is 2. The fourth-order valence-corrected chi connectivity index (χ4v) is 2.87. The number of alkyl halides is 3. The van der Waals surface area contributed by atoms with Gasteiger partial charge >= 0.3 is 6.18 Å². The summed E-state index contributed by atoms with van der Waals surface area (Å²) < 4.78 is 54.9. The van der Waals surface area contributed by atoms with Crippen LogP contribution in [0.15, 0.2) is 48.5 Å². The lowest BCUT2D eigenvalue weighted by Gasteiger charge is -2.12. The summed E-state index contributed by atoms with van der Waals surface area (Å²) in [6.45, 7) is 0. The molecule has 2 N–H and O–H groups in total. The molecule has 1 aromatic heterocycles. The van der Waals surface area contributed by atoms with E-state index >= 15 is 0 Å². The third-order valence-corrected chi connectivity index (χ3v) is 3.91. The van der Waals surface area contributed by atoms with E-state index in [0.717, 1.165) is 4.68 Å². The average molecular weight is 363 g/mol. The first-order valence-electron chi connectivity index (χ1n) is 7.50. The van der Waals surface area contributed by atoms with Crippen LogP contribution >= 0.6 is 0 Å². The first-order chi connectivity index (χ1) is 12.2. The minimum Gasteiger partial charge on any atom is -0.365 e. The Kier molecular flexibility index (Phi) is 4.27. The monoisotopic (exact) mass is 363 g/mol. The molecule has 134 valence electrons. The van der Waals surface area contributed by atoms with Crippen molar-refractivity contribution in [3.63, 3.8) is 0 Å². The number of primary amides is 1. The molecule has 0 fully saturated rings. The number of aryl methyl sites for hydroxylation is 1. The number of carbonyl (C=O) groups is 1. The van der Waals surface area contributed by atoms with Crippen LogP contribution in [0, 0.1) is 5.82 Å². The van der Waals surface area contributed by atoms with Crippen molar-refractivity contribution in [2.75, 3.05) is 0 Å². The highest BCUT2D eigenvalue weighted by molar-refractivity contribution is 6.02. The first-order valence-corrected chi connectivity index (χ1v) is 7.50. The second-order valence-corrected chi connectivity index (χ2v) is 5.58. The molecule has 4 nitrogen and oxygen atoms in total. The number of aromatic nitrogens is 2. The highest BCUT2D eigenvalue weighted by Gasteiger charge is 2.41. The van der Waals surface area contributed by atoms with Crippen LogP contribution in [0.25, 0.3) is 22.4 Å². The smallest absolute Gasteiger partial charge is 0.365 e. The normalized spacial score (nSPS) is 11.6. The van der Waals surface area contributed by atoms with Crippen molar-refractivity contribution in [2.24, 2.45) is 12.8 Å². The minimum atomic E-state index is -4.85. The molecule has 0 spiro atoms. The predicted molar refractivity (Wildman–Crippen MR) is 87.6 cm³/mol. The van der Waals surface area contributed by atoms with E-state index in [1.165, 1.54) is 31.3 Å². The van der Waals surface area contributed by atoms with Gasteiger partial charge < -0.3 is 5.73 Å². The second-order valence-electron chi connectivity index (χ2n) is 5.58. The Bertz CT molecular complexity index is 992. The Morgan fingerprint density at radius 3 is 2.08 bits per heavy atom. The van der Waals surface area contributed by atoms with E-state index in [-0.39, 0.29) is 16.8 Å². The van der Waals surface area contributed by atoms with Crippen molar-refractivity contribution in [3.8, 4) is 22.4 Å². The minimum absolute atomic E-state index is 0.122. The number of hydrogen-bond donors (Lipinski definition) is 1. The van der Waals surface area contributed by atoms with Crippen LogP contribution in [0.3, 0.4) is 0 Å². The van der Waals surface area contributed by atoms with E-state index in [2.05, 4.69) is 5.10 Å². The molecular weight excluding hydrogens is 350 g/mol. The highest BCUT2D eigenvalue weighted by Crippen LogP contribution is 2.39. The Hall–Kier alpha value is -3.16. The molecule has 3 aromatic rings. The Morgan fingerprint density at radius 1 is 1.00 bits per heavy atom. The van der Waals surface area contributed by atoms with Gasteiger partial charge in [0.05, 0.1) is 11.3 Å². The largest absolute Gasteiger partial charge is 0.435 e. The van der Waals surface area contributed by atoms with Gasteiger partial charge in [-0.3, -0.25) is 9.48 Å². The van der Waals surface area contributed by atoms with Gasteiger partial charge in [-0.25, -0.2) is 4.39 Å². The number of halogens is 4. The summed E-state index contributed by atoms with van der Waals surface area (Å²) >= 11 is 0. The fraction of sp³-hybridized carbons (Fsp3) is 0.111. The van der Waals surface area contributed by atoms with Crippen LogP contribution < -0.4 is 5.73 Å². The summed E-state index contributed by atoms with van der Waals surface area (Å²) in [7, 11) is 1.27. The average Bonchev–Trinajstić information content (AvgIpc) is 2.93. The number of nitrogens with two attached hydrogens (primary N) is 1. The molecule has 0 saturated heterocycles. The van der Waals surface area contributed by atoms with Gasteiger partial charge in [-0.1, -0.05) is 42.5 Å². The molecule has 2 aromatic carbocycles. The number of nitrogens with zero attached hydrogens (tertiary/aromatic N) is 2. The maximum absolute atomic E-state index is 14.2. The Balaban J connectivity index is 2.35. The molecule has 0 aliphatic carbocycles. The van der Waals surface area contributed by atoms with Crippen LogP contribution in [-0.2, 0) is 13.2 Å². The van der Waals surface area contributed by atoms with Gasteiger partial charge in [-0.2, -0.15) is 18.3 Å². The molecule has 0 bridgehead atoms. The van der Waals surface area contributed by atoms with Crippen molar-refractivity contribution in [2.45, 2.75) is 6.18 Å². The second kappa shape index (κ2) is 6.29. The van der Waals surface area contributed by atoms with E-state index < -0.39 is 29.2 Å². The molecule has 0 atom stereocenters. The molecule has 0 saturated carbocycles. The third kappa shape index (κ3) is 2.94. The van der Waals surface area contributed by atoms with E-state index in [9.17, 15) is 22.4 Å². The highest BCUT2D eigenvalue weighted by atomic mass is 19.4.